The predicted molar refractivity (Wildman–Crippen MR) is 154 cm³/mol. The summed E-state index contributed by atoms with van der Waals surface area (Å²) >= 11 is 0. The van der Waals surface area contributed by atoms with Gasteiger partial charge in [0.1, 0.15) is 18.2 Å². The first-order valence-electron chi connectivity index (χ1n) is 13.9. The van der Waals surface area contributed by atoms with Gasteiger partial charge in [0.2, 0.25) is 0 Å². The van der Waals surface area contributed by atoms with Crippen molar-refractivity contribution in [3.8, 4) is 11.8 Å². The number of halogens is 1. The fraction of sp³-hybridized carbons (Fsp3) is 0.438. The van der Waals surface area contributed by atoms with E-state index in [9.17, 15) is 9.65 Å². The second kappa shape index (κ2) is 13.5. The van der Waals surface area contributed by atoms with Gasteiger partial charge in [-0.25, -0.2) is 4.39 Å². The quantitative estimate of drug-likeness (QED) is 0.290. The highest BCUT2D eigenvalue weighted by Gasteiger charge is 2.38. The Labute approximate surface area is 231 Å². The summed E-state index contributed by atoms with van der Waals surface area (Å²) in [5.74, 6) is 0.598. The highest BCUT2D eigenvalue weighted by Crippen LogP contribution is 2.41. The molecule has 6 nitrogen and oxygen atoms in total. The number of ether oxygens (including phenoxy) is 1. The van der Waals surface area contributed by atoms with Crippen LogP contribution in [0.1, 0.15) is 44.2 Å². The van der Waals surface area contributed by atoms with E-state index in [-0.39, 0.29) is 11.7 Å². The molecular formula is C32H39FN4O2. The van der Waals surface area contributed by atoms with Crippen molar-refractivity contribution < 1.29 is 14.3 Å². The van der Waals surface area contributed by atoms with E-state index in [1.807, 2.05) is 24.3 Å². The first-order chi connectivity index (χ1) is 18.9. The summed E-state index contributed by atoms with van der Waals surface area (Å²) in [6.07, 6.45) is 8.20. The van der Waals surface area contributed by atoms with Crippen molar-refractivity contribution in [1.29, 1.82) is 5.26 Å². The molecule has 2 aromatic carbocycles. The Morgan fingerprint density at radius 2 is 1.72 bits per heavy atom. The summed E-state index contributed by atoms with van der Waals surface area (Å²) in [6.45, 7) is 10.7. The number of nitriles is 1. The van der Waals surface area contributed by atoms with Gasteiger partial charge in [-0.3, -0.25) is 4.90 Å². The van der Waals surface area contributed by atoms with Gasteiger partial charge in [-0.15, -0.1) is 0 Å². The molecule has 7 heteroatoms. The van der Waals surface area contributed by atoms with Crippen LogP contribution >= 0.6 is 0 Å². The minimum atomic E-state index is -0.587. The Morgan fingerprint density at radius 3 is 2.33 bits per heavy atom. The van der Waals surface area contributed by atoms with Crippen molar-refractivity contribution in [2.24, 2.45) is 11.1 Å². The fourth-order valence-electron chi connectivity index (χ4n) is 5.56. The molecule has 0 amide bonds. The van der Waals surface area contributed by atoms with Gasteiger partial charge in [-0.1, -0.05) is 55.4 Å². The van der Waals surface area contributed by atoms with E-state index in [2.05, 4.69) is 53.1 Å². The van der Waals surface area contributed by atoms with Gasteiger partial charge < -0.3 is 14.8 Å². The lowest BCUT2D eigenvalue weighted by atomic mass is 9.67. The monoisotopic (exact) mass is 530 g/mol. The molecule has 0 aromatic heterocycles. The zero-order valence-electron chi connectivity index (χ0n) is 23.0. The largest absolute Gasteiger partial charge is 0.492 e. The summed E-state index contributed by atoms with van der Waals surface area (Å²) in [5, 5.41) is 23.0. The number of allylic oxidation sites excluding steroid dienone is 4. The zero-order chi connectivity index (χ0) is 27.7. The fourth-order valence-corrected chi connectivity index (χ4v) is 5.56. The lowest BCUT2D eigenvalue weighted by molar-refractivity contribution is 0.114. The maximum atomic E-state index is 13.1. The van der Waals surface area contributed by atoms with Crippen LogP contribution < -0.4 is 4.74 Å². The molecule has 1 unspecified atom stereocenters. The molecular weight excluding hydrogens is 491 g/mol. The molecule has 0 radical (unpaired) electrons. The molecule has 39 heavy (non-hydrogen) atoms. The number of hydrogen-bond donors (Lipinski definition) is 1. The van der Waals surface area contributed by atoms with Gasteiger partial charge in [0, 0.05) is 39.1 Å². The molecule has 1 aliphatic carbocycles. The number of piperazine rings is 1. The maximum absolute atomic E-state index is 13.1. The van der Waals surface area contributed by atoms with E-state index < -0.39 is 5.41 Å². The number of benzene rings is 2. The van der Waals surface area contributed by atoms with E-state index in [4.69, 9.17) is 9.94 Å². The zero-order valence-corrected chi connectivity index (χ0v) is 23.0. The van der Waals surface area contributed by atoms with Gasteiger partial charge in [0.05, 0.1) is 17.2 Å². The molecule has 1 saturated heterocycles. The first-order valence-corrected chi connectivity index (χ1v) is 13.9. The minimum absolute atomic E-state index is 0.157. The number of rotatable bonds is 11. The molecule has 1 heterocycles. The third kappa shape index (κ3) is 7.14. The van der Waals surface area contributed by atoms with Crippen molar-refractivity contribution in [1.82, 2.24) is 9.80 Å². The Morgan fingerprint density at radius 1 is 1.03 bits per heavy atom. The van der Waals surface area contributed by atoms with Crippen LogP contribution in [-0.4, -0.2) is 66.6 Å². The summed E-state index contributed by atoms with van der Waals surface area (Å²) in [4.78, 5) is 4.90. The van der Waals surface area contributed by atoms with Crippen molar-refractivity contribution in [3.05, 3.63) is 83.7 Å². The molecule has 2 aromatic rings. The molecule has 0 spiro atoms. The van der Waals surface area contributed by atoms with Crippen molar-refractivity contribution in [2.75, 3.05) is 45.9 Å². The Kier molecular flexibility index (Phi) is 9.91. The number of oxime groups is 1. The van der Waals surface area contributed by atoms with Gasteiger partial charge in [-0.05, 0) is 72.3 Å². The van der Waals surface area contributed by atoms with Crippen LogP contribution in [-0.2, 0) is 5.41 Å². The van der Waals surface area contributed by atoms with Crippen molar-refractivity contribution in [3.63, 3.8) is 0 Å². The van der Waals surface area contributed by atoms with Gasteiger partial charge in [0.15, 0.2) is 0 Å². The van der Waals surface area contributed by atoms with E-state index in [0.29, 0.717) is 24.5 Å². The standard InChI is InChI=1S/C32H39FN4O2/c1-25(2)32(24-34,31-7-4-3-6-30(31)26-8-12-28(35-38)13-9-26)16-5-17-36-18-20-37(21-19-36)22-23-39-29-14-10-27(33)11-15-29/h3-4,6-12,14-15,25,38H,5,13,16-23H2,1-2H3. The average molecular weight is 531 g/mol. The normalized spacial score (nSPS) is 19.1. The highest BCUT2D eigenvalue weighted by atomic mass is 19.1. The molecule has 1 atom stereocenters. The second-order valence-corrected chi connectivity index (χ2v) is 10.7. The minimum Gasteiger partial charge on any atom is -0.492 e. The van der Waals surface area contributed by atoms with E-state index in [1.54, 1.807) is 12.1 Å². The number of nitrogens with zero attached hydrogens (tertiary/aromatic N) is 4. The van der Waals surface area contributed by atoms with Gasteiger partial charge in [-0.2, -0.15) is 5.26 Å². The van der Waals surface area contributed by atoms with Crippen LogP contribution in [0.4, 0.5) is 4.39 Å². The van der Waals surface area contributed by atoms with E-state index in [1.165, 1.54) is 12.1 Å². The van der Waals surface area contributed by atoms with E-state index >= 15 is 0 Å². The van der Waals surface area contributed by atoms with Crippen molar-refractivity contribution >= 4 is 11.3 Å². The summed E-state index contributed by atoms with van der Waals surface area (Å²) in [7, 11) is 0. The van der Waals surface area contributed by atoms with Crippen molar-refractivity contribution in [2.45, 2.75) is 38.5 Å². The van der Waals surface area contributed by atoms with Crippen LogP contribution in [0.3, 0.4) is 0 Å². The molecule has 2 aliphatic rings. The summed E-state index contributed by atoms with van der Waals surface area (Å²) in [5.41, 5.74) is 3.27. The van der Waals surface area contributed by atoms with E-state index in [0.717, 1.165) is 68.8 Å². The topological polar surface area (TPSA) is 72.1 Å². The average Bonchev–Trinajstić information content (AvgIpc) is 2.97. The highest BCUT2D eigenvalue weighted by molar-refractivity contribution is 6.01. The van der Waals surface area contributed by atoms with Gasteiger partial charge in [0.25, 0.3) is 0 Å². The second-order valence-electron chi connectivity index (χ2n) is 10.7. The SMILES string of the molecule is CC(C)C(C#N)(CCCN1CCN(CCOc2ccc(F)cc2)CC1)c1ccccc1C1=CCC(=NO)C=C1. The number of hydrogen-bond acceptors (Lipinski definition) is 6. The van der Waals surface area contributed by atoms with Crippen LogP contribution in [0.25, 0.3) is 5.57 Å². The molecule has 206 valence electrons. The van der Waals surface area contributed by atoms with Crippen LogP contribution in [0.15, 0.2) is 71.9 Å². The summed E-state index contributed by atoms with van der Waals surface area (Å²) < 4.78 is 18.8. The van der Waals surface area contributed by atoms with Crippen LogP contribution in [0, 0.1) is 23.1 Å². The molecule has 0 bridgehead atoms. The first kappa shape index (κ1) is 28.5. The van der Waals surface area contributed by atoms with Crippen LogP contribution in [0.5, 0.6) is 5.75 Å². The Hall–Kier alpha value is -3.47. The molecule has 1 fully saturated rings. The lowest BCUT2D eigenvalue weighted by Gasteiger charge is -2.37. The predicted octanol–water partition coefficient (Wildman–Crippen LogP) is 5.89. The lowest BCUT2D eigenvalue weighted by Crippen LogP contribution is -2.47. The maximum Gasteiger partial charge on any atom is 0.123 e. The molecule has 0 saturated carbocycles. The molecule has 1 N–H and O–H groups in total. The Balaban J connectivity index is 1.31. The summed E-state index contributed by atoms with van der Waals surface area (Å²) in [6, 6.07) is 17.2. The molecule has 4 rings (SSSR count). The molecule has 1 aliphatic heterocycles. The third-order valence-electron chi connectivity index (χ3n) is 8.02. The van der Waals surface area contributed by atoms with Crippen LogP contribution in [0.2, 0.25) is 0 Å². The Bertz CT molecular complexity index is 1220. The smallest absolute Gasteiger partial charge is 0.123 e. The third-order valence-corrected chi connectivity index (χ3v) is 8.02. The van der Waals surface area contributed by atoms with Gasteiger partial charge >= 0.3 is 0 Å².